The maximum atomic E-state index is 11.7. The van der Waals surface area contributed by atoms with E-state index in [0.29, 0.717) is 18.9 Å². The SMILES string of the molecule is CC(C)CCNC(=O)C=Cc1ccc(N2CCCC2=O)cc1. The smallest absolute Gasteiger partial charge is 0.243 e. The molecule has 1 saturated heterocycles. The molecule has 1 N–H and O–H groups in total. The monoisotopic (exact) mass is 300 g/mol. The van der Waals surface area contributed by atoms with Gasteiger partial charge in [0.1, 0.15) is 0 Å². The quantitative estimate of drug-likeness (QED) is 0.821. The minimum absolute atomic E-state index is 0.0700. The van der Waals surface area contributed by atoms with Gasteiger partial charge in [-0.15, -0.1) is 0 Å². The standard InChI is InChI=1S/C18H24N2O2/c1-14(2)11-12-19-17(21)10-7-15-5-8-16(9-6-15)20-13-3-4-18(20)22/h5-10,14H,3-4,11-13H2,1-2H3,(H,19,21). The van der Waals surface area contributed by atoms with Gasteiger partial charge in [-0.05, 0) is 42.5 Å². The molecule has 0 atom stereocenters. The molecule has 0 spiro atoms. The second-order valence-corrected chi connectivity index (χ2v) is 6.05. The number of rotatable bonds is 6. The average Bonchev–Trinajstić information content (AvgIpc) is 2.91. The Morgan fingerprint density at radius 2 is 2.05 bits per heavy atom. The minimum atomic E-state index is -0.0700. The van der Waals surface area contributed by atoms with Gasteiger partial charge >= 0.3 is 0 Å². The second kappa shape index (κ2) is 7.78. The number of anilines is 1. The highest BCUT2D eigenvalue weighted by Gasteiger charge is 2.21. The molecule has 0 saturated carbocycles. The van der Waals surface area contributed by atoms with Gasteiger partial charge in [0.15, 0.2) is 0 Å². The van der Waals surface area contributed by atoms with Gasteiger partial charge in [0.25, 0.3) is 0 Å². The van der Waals surface area contributed by atoms with Crippen LogP contribution in [0.5, 0.6) is 0 Å². The highest BCUT2D eigenvalue weighted by molar-refractivity contribution is 5.95. The summed E-state index contributed by atoms with van der Waals surface area (Å²) < 4.78 is 0. The van der Waals surface area contributed by atoms with E-state index in [0.717, 1.165) is 30.6 Å². The molecule has 1 aromatic carbocycles. The Balaban J connectivity index is 1.86. The Hall–Kier alpha value is -2.10. The van der Waals surface area contributed by atoms with Crippen LogP contribution in [0.1, 0.15) is 38.7 Å². The lowest BCUT2D eigenvalue weighted by atomic mass is 10.1. The van der Waals surface area contributed by atoms with Gasteiger partial charge in [-0.25, -0.2) is 0 Å². The largest absolute Gasteiger partial charge is 0.353 e. The molecule has 4 heteroatoms. The summed E-state index contributed by atoms with van der Waals surface area (Å²) in [6, 6.07) is 7.72. The predicted molar refractivity (Wildman–Crippen MR) is 89.5 cm³/mol. The van der Waals surface area contributed by atoms with Crippen molar-refractivity contribution in [1.29, 1.82) is 0 Å². The van der Waals surface area contributed by atoms with Gasteiger partial charge in [0, 0.05) is 31.3 Å². The Bertz CT molecular complexity index is 547. The lowest BCUT2D eigenvalue weighted by Gasteiger charge is -2.15. The molecule has 0 radical (unpaired) electrons. The molecule has 1 fully saturated rings. The van der Waals surface area contributed by atoms with E-state index < -0.39 is 0 Å². The summed E-state index contributed by atoms with van der Waals surface area (Å²) in [5.41, 5.74) is 1.88. The highest BCUT2D eigenvalue weighted by atomic mass is 16.2. The summed E-state index contributed by atoms with van der Waals surface area (Å²) in [6.07, 6.45) is 5.89. The Morgan fingerprint density at radius 1 is 1.32 bits per heavy atom. The fourth-order valence-corrected chi connectivity index (χ4v) is 2.40. The van der Waals surface area contributed by atoms with E-state index in [1.807, 2.05) is 29.2 Å². The molecule has 1 aliphatic rings. The van der Waals surface area contributed by atoms with Gasteiger partial charge in [-0.1, -0.05) is 26.0 Å². The van der Waals surface area contributed by atoms with E-state index in [-0.39, 0.29) is 11.8 Å². The van der Waals surface area contributed by atoms with Gasteiger partial charge in [0.05, 0.1) is 0 Å². The molecule has 1 heterocycles. The summed E-state index contributed by atoms with van der Waals surface area (Å²) in [4.78, 5) is 25.2. The van der Waals surface area contributed by atoms with E-state index in [9.17, 15) is 9.59 Å². The first kappa shape index (κ1) is 16.3. The zero-order chi connectivity index (χ0) is 15.9. The first-order valence-corrected chi connectivity index (χ1v) is 7.92. The number of carbonyl (C=O) groups excluding carboxylic acids is 2. The maximum Gasteiger partial charge on any atom is 0.243 e. The molecular formula is C18H24N2O2. The van der Waals surface area contributed by atoms with E-state index >= 15 is 0 Å². The number of hydrogen-bond acceptors (Lipinski definition) is 2. The molecule has 0 aromatic heterocycles. The molecule has 118 valence electrons. The van der Waals surface area contributed by atoms with Crippen molar-refractivity contribution >= 4 is 23.6 Å². The van der Waals surface area contributed by atoms with Crippen LogP contribution in [0.4, 0.5) is 5.69 Å². The molecule has 0 unspecified atom stereocenters. The van der Waals surface area contributed by atoms with Crippen LogP contribution >= 0.6 is 0 Å². The first-order valence-electron chi connectivity index (χ1n) is 7.92. The molecule has 4 nitrogen and oxygen atoms in total. The van der Waals surface area contributed by atoms with E-state index in [1.54, 1.807) is 12.2 Å². The van der Waals surface area contributed by atoms with E-state index in [2.05, 4.69) is 19.2 Å². The van der Waals surface area contributed by atoms with E-state index in [4.69, 9.17) is 0 Å². The summed E-state index contributed by atoms with van der Waals surface area (Å²) in [5, 5.41) is 2.87. The number of nitrogens with one attached hydrogen (secondary N) is 1. The van der Waals surface area contributed by atoms with Crippen molar-refractivity contribution in [3.8, 4) is 0 Å². The molecule has 0 aliphatic carbocycles. The normalized spacial score (nSPS) is 15.0. The second-order valence-electron chi connectivity index (χ2n) is 6.05. The Kier molecular flexibility index (Phi) is 5.75. The minimum Gasteiger partial charge on any atom is -0.353 e. The lowest BCUT2D eigenvalue weighted by molar-refractivity contribution is -0.117. The zero-order valence-electron chi connectivity index (χ0n) is 13.3. The predicted octanol–water partition coefficient (Wildman–Crippen LogP) is 2.99. The number of nitrogens with zero attached hydrogens (tertiary/aromatic N) is 1. The third kappa shape index (κ3) is 4.72. The molecule has 1 aliphatic heterocycles. The van der Waals surface area contributed by atoms with Crippen LogP contribution in [0, 0.1) is 5.92 Å². The van der Waals surface area contributed by atoms with Crippen molar-refractivity contribution in [1.82, 2.24) is 5.32 Å². The van der Waals surface area contributed by atoms with Crippen molar-refractivity contribution in [3.63, 3.8) is 0 Å². The number of amides is 2. The molecule has 2 rings (SSSR count). The van der Waals surface area contributed by atoms with Crippen molar-refractivity contribution in [3.05, 3.63) is 35.9 Å². The zero-order valence-corrected chi connectivity index (χ0v) is 13.3. The van der Waals surface area contributed by atoms with Gasteiger partial charge in [-0.3, -0.25) is 9.59 Å². The van der Waals surface area contributed by atoms with Crippen LogP contribution in [-0.2, 0) is 9.59 Å². The van der Waals surface area contributed by atoms with Crippen molar-refractivity contribution in [2.75, 3.05) is 18.0 Å². The van der Waals surface area contributed by atoms with Crippen LogP contribution in [0.3, 0.4) is 0 Å². The molecule has 2 amide bonds. The van der Waals surface area contributed by atoms with Crippen molar-refractivity contribution in [2.24, 2.45) is 5.92 Å². The fraction of sp³-hybridized carbons (Fsp3) is 0.444. The third-order valence-corrected chi connectivity index (χ3v) is 3.73. The van der Waals surface area contributed by atoms with Gasteiger partial charge < -0.3 is 10.2 Å². The summed E-state index contributed by atoms with van der Waals surface area (Å²) in [5.74, 6) is 0.706. The maximum absolute atomic E-state index is 11.7. The van der Waals surface area contributed by atoms with Crippen LogP contribution < -0.4 is 10.2 Å². The number of benzene rings is 1. The fourth-order valence-electron chi connectivity index (χ4n) is 2.40. The first-order chi connectivity index (χ1) is 10.6. The third-order valence-electron chi connectivity index (χ3n) is 3.73. The Labute approximate surface area is 132 Å². The van der Waals surface area contributed by atoms with Crippen LogP contribution in [0.15, 0.2) is 30.3 Å². The average molecular weight is 300 g/mol. The molecular weight excluding hydrogens is 276 g/mol. The topological polar surface area (TPSA) is 49.4 Å². The van der Waals surface area contributed by atoms with Crippen LogP contribution in [0.2, 0.25) is 0 Å². The highest BCUT2D eigenvalue weighted by Crippen LogP contribution is 2.21. The summed E-state index contributed by atoms with van der Waals surface area (Å²) >= 11 is 0. The van der Waals surface area contributed by atoms with Gasteiger partial charge in [0.2, 0.25) is 11.8 Å². The van der Waals surface area contributed by atoms with E-state index in [1.165, 1.54) is 0 Å². The van der Waals surface area contributed by atoms with Crippen molar-refractivity contribution in [2.45, 2.75) is 33.1 Å². The summed E-state index contributed by atoms with van der Waals surface area (Å²) in [6.45, 7) is 5.77. The number of carbonyl (C=O) groups is 2. The molecule has 22 heavy (non-hydrogen) atoms. The van der Waals surface area contributed by atoms with Gasteiger partial charge in [-0.2, -0.15) is 0 Å². The number of hydrogen-bond donors (Lipinski definition) is 1. The van der Waals surface area contributed by atoms with Crippen molar-refractivity contribution < 1.29 is 9.59 Å². The summed E-state index contributed by atoms with van der Waals surface area (Å²) in [7, 11) is 0. The van der Waals surface area contributed by atoms with Crippen LogP contribution in [0.25, 0.3) is 6.08 Å². The van der Waals surface area contributed by atoms with Crippen LogP contribution in [-0.4, -0.2) is 24.9 Å². The molecule has 0 bridgehead atoms. The Morgan fingerprint density at radius 3 is 2.64 bits per heavy atom. The molecule has 1 aromatic rings. The lowest BCUT2D eigenvalue weighted by Crippen LogP contribution is -2.23.